The molecular formula is C15H14N2O5. The minimum atomic E-state index is -0.958. The number of hydrogen-bond acceptors (Lipinski definition) is 4. The Morgan fingerprint density at radius 3 is 2.27 bits per heavy atom. The number of carboxylic acids is 1. The van der Waals surface area contributed by atoms with E-state index in [9.17, 15) is 24.8 Å². The normalized spacial score (nSPS) is 28.5. The van der Waals surface area contributed by atoms with Crippen molar-refractivity contribution in [2.75, 3.05) is 5.32 Å². The van der Waals surface area contributed by atoms with Crippen LogP contribution in [0.15, 0.2) is 36.4 Å². The molecule has 2 bridgehead atoms. The van der Waals surface area contributed by atoms with Crippen LogP contribution in [0, 0.1) is 33.8 Å². The Kier molecular flexibility index (Phi) is 3.40. The van der Waals surface area contributed by atoms with Crippen molar-refractivity contribution in [2.45, 2.75) is 6.42 Å². The van der Waals surface area contributed by atoms with Crippen molar-refractivity contribution in [3.05, 3.63) is 46.5 Å². The van der Waals surface area contributed by atoms with Crippen LogP contribution in [-0.4, -0.2) is 21.9 Å². The zero-order chi connectivity index (χ0) is 15.9. The Morgan fingerprint density at radius 2 is 1.73 bits per heavy atom. The molecule has 7 heteroatoms. The van der Waals surface area contributed by atoms with Gasteiger partial charge in [0, 0.05) is 17.8 Å². The van der Waals surface area contributed by atoms with Crippen LogP contribution in [0.3, 0.4) is 0 Å². The zero-order valence-corrected chi connectivity index (χ0v) is 11.5. The highest BCUT2D eigenvalue weighted by Crippen LogP contribution is 2.48. The molecule has 2 aliphatic rings. The van der Waals surface area contributed by atoms with Gasteiger partial charge in [0.15, 0.2) is 0 Å². The lowest BCUT2D eigenvalue weighted by atomic mass is 9.82. The third kappa shape index (κ3) is 2.34. The molecule has 1 fully saturated rings. The van der Waals surface area contributed by atoms with Crippen LogP contribution in [-0.2, 0) is 9.59 Å². The molecule has 2 aliphatic carbocycles. The van der Waals surface area contributed by atoms with Gasteiger partial charge in [-0.2, -0.15) is 0 Å². The van der Waals surface area contributed by atoms with Crippen molar-refractivity contribution in [3.63, 3.8) is 0 Å². The fourth-order valence-corrected chi connectivity index (χ4v) is 3.41. The Bertz CT molecular complexity index is 667. The summed E-state index contributed by atoms with van der Waals surface area (Å²) in [5, 5.41) is 22.6. The number of nitrogens with zero attached hydrogens (tertiary/aromatic N) is 1. The predicted octanol–water partition coefficient (Wildman–Crippen LogP) is 2.06. The lowest BCUT2D eigenvalue weighted by molar-refractivity contribution is -0.384. The highest BCUT2D eigenvalue weighted by molar-refractivity contribution is 5.96. The lowest BCUT2D eigenvalue weighted by Gasteiger charge is -2.23. The number of carbonyl (C=O) groups is 2. The number of aliphatic carboxylic acids is 1. The maximum atomic E-state index is 12.4. The first-order valence-electron chi connectivity index (χ1n) is 6.94. The first-order valence-corrected chi connectivity index (χ1v) is 6.94. The summed E-state index contributed by atoms with van der Waals surface area (Å²) in [5.74, 6) is -2.74. The van der Waals surface area contributed by atoms with Crippen LogP contribution in [0.1, 0.15) is 6.42 Å². The summed E-state index contributed by atoms with van der Waals surface area (Å²) >= 11 is 0. The lowest BCUT2D eigenvalue weighted by Crippen LogP contribution is -2.36. The molecule has 1 aromatic carbocycles. The van der Waals surface area contributed by atoms with Gasteiger partial charge in [0.25, 0.3) is 5.69 Å². The summed E-state index contributed by atoms with van der Waals surface area (Å²) in [6.07, 6.45) is 4.47. The van der Waals surface area contributed by atoms with Gasteiger partial charge in [-0.1, -0.05) is 12.2 Å². The van der Waals surface area contributed by atoms with E-state index in [0.29, 0.717) is 12.1 Å². The van der Waals surface area contributed by atoms with E-state index in [1.807, 2.05) is 12.2 Å². The molecular weight excluding hydrogens is 288 g/mol. The van der Waals surface area contributed by atoms with Crippen LogP contribution in [0.4, 0.5) is 11.4 Å². The molecule has 0 saturated heterocycles. The molecule has 0 radical (unpaired) electrons. The molecule has 2 N–H and O–H groups in total. The highest BCUT2D eigenvalue weighted by atomic mass is 16.6. The Labute approximate surface area is 125 Å². The number of anilines is 1. The van der Waals surface area contributed by atoms with E-state index in [-0.39, 0.29) is 23.4 Å². The number of nitro benzene ring substituents is 1. The summed E-state index contributed by atoms with van der Waals surface area (Å²) in [6.45, 7) is 0. The third-order valence-corrected chi connectivity index (χ3v) is 4.39. The number of carbonyl (C=O) groups excluding carboxylic acids is 1. The molecule has 0 unspecified atom stereocenters. The van der Waals surface area contributed by atoms with Crippen molar-refractivity contribution in [3.8, 4) is 0 Å². The molecule has 0 aliphatic heterocycles. The molecule has 1 saturated carbocycles. The van der Waals surface area contributed by atoms with E-state index < -0.39 is 22.7 Å². The maximum Gasteiger partial charge on any atom is 0.307 e. The fraction of sp³-hybridized carbons (Fsp3) is 0.333. The van der Waals surface area contributed by atoms with Crippen LogP contribution < -0.4 is 5.32 Å². The van der Waals surface area contributed by atoms with E-state index in [1.165, 1.54) is 24.3 Å². The Morgan fingerprint density at radius 1 is 1.14 bits per heavy atom. The molecule has 114 valence electrons. The average Bonchev–Trinajstić information content (AvgIpc) is 3.08. The topological polar surface area (TPSA) is 110 Å². The van der Waals surface area contributed by atoms with Crippen molar-refractivity contribution in [1.82, 2.24) is 0 Å². The summed E-state index contributed by atoms with van der Waals surface area (Å²) in [5.41, 5.74) is 0.357. The molecule has 4 atom stereocenters. The minimum absolute atomic E-state index is 0.0517. The second-order valence-corrected chi connectivity index (χ2v) is 5.63. The Balaban J connectivity index is 1.75. The van der Waals surface area contributed by atoms with E-state index in [2.05, 4.69) is 5.32 Å². The van der Waals surface area contributed by atoms with Crippen molar-refractivity contribution >= 4 is 23.3 Å². The second-order valence-electron chi connectivity index (χ2n) is 5.63. The highest BCUT2D eigenvalue weighted by Gasteiger charge is 2.51. The summed E-state index contributed by atoms with van der Waals surface area (Å²) in [6, 6.07) is 5.47. The third-order valence-electron chi connectivity index (χ3n) is 4.39. The molecule has 0 aromatic heterocycles. The number of non-ortho nitro benzene ring substituents is 1. The fourth-order valence-electron chi connectivity index (χ4n) is 3.41. The van der Waals surface area contributed by atoms with Crippen LogP contribution in [0.2, 0.25) is 0 Å². The van der Waals surface area contributed by atoms with Crippen LogP contribution in [0.5, 0.6) is 0 Å². The largest absolute Gasteiger partial charge is 0.481 e. The average molecular weight is 302 g/mol. The van der Waals surface area contributed by atoms with Crippen molar-refractivity contribution < 1.29 is 19.6 Å². The number of benzene rings is 1. The number of nitro groups is 1. The second kappa shape index (κ2) is 5.25. The molecule has 1 amide bonds. The van der Waals surface area contributed by atoms with Gasteiger partial charge in [-0.3, -0.25) is 19.7 Å². The maximum absolute atomic E-state index is 12.4. The number of carboxylic acid groups (broad SMARTS) is 1. The van der Waals surface area contributed by atoms with Crippen molar-refractivity contribution in [2.24, 2.45) is 23.7 Å². The quantitative estimate of drug-likeness (QED) is 0.502. The molecule has 0 spiro atoms. The summed E-state index contributed by atoms with van der Waals surface area (Å²) in [4.78, 5) is 33.9. The van der Waals surface area contributed by atoms with Crippen molar-refractivity contribution in [1.29, 1.82) is 0 Å². The number of hydrogen-bond donors (Lipinski definition) is 2. The van der Waals surface area contributed by atoms with Gasteiger partial charge in [-0.05, 0) is 30.4 Å². The zero-order valence-electron chi connectivity index (χ0n) is 11.5. The first-order chi connectivity index (χ1) is 10.5. The SMILES string of the molecule is O=C(O)[C@@H]1[C@H](C(=O)Nc2ccc([N+](=O)[O-])cc2)[C@@H]2C=C[C@H]1C2. The molecule has 22 heavy (non-hydrogen) atoms. The monoisotopic (exact) mass is 302 g/mol. The van der Waals surface area contributed by atoms with Gasteiger partial charge in [-0.25, -0.2) is 0 Å². The van der Waals surface area contributed by atoms with E-state index in [1.54, 1.807) is 0 Å². The molecule has 7 nitrogen and oxygen atoms in total. The number of allylic oxidation sites excluding steroid dienone is 2. The number of fused-ring (bicyclic) bond motifs is 2. The van der Waals surface area contributed by atoms with E-state index >= 15 is 0 Å². The number of rotatable bonds is 4. The number of amides is 1. The van der Waals surface area contributed by atoms with E-state index in [4.69, 9.17) is 0 Å². The van der Waals surface area contributed by atoms with Gasteiger partial charge in [0.05, 0.1) is 16.8 Å². The van der Waals surface area contributed by atoms with Gasteiger partial charge in [0.2, 0.25) is 5.91 Å². The standard InChI is InChI=1S/C15H14N2O5/c18-14(16-10-3-5-11(6-4-10)17(21)22)12-8-1-2-9(7-8)13(12)15(19)20/h1-6,8-9,12-13H,7H2,(H,16,18)(H,19,20)/t8-,9+,12-,13+/m1/s1. The predicted molar refractivity (Wildman–Crippen MR) is 77.1 cm³/mol. The number of nitrogens with one attached hydrogen (secondary N) is 1. The van der Waals surface area contributed by atoms with Gasteiger partial charge < -0.3 is 10.4 Å². The molecule has 3 rings (SSSR count). The van der Waals surface area contributed by atoms with Crippen LogP contribution in [0.25, 0.3) is 0 Å². The smallest absolute Gasteiger partial charge is 0.307 e. The van der Waals surface area contributed by atoms with Gasteiger partial charge in [0.1, 0.15) is 0 Å². The van der Waals surface area contributed by atoms with E-state index in [0.717, 1.165) is 0 Å². The van der Waals surface area contributed by atoms with Gasteiger partial charge >= 0.3 is 5.97 Å². The minimum Gasteiger partial charge on any atom is -0.481 e. The summed E-state index contributed by atoms with van der Waals surface area (Å²) in [7, 11) is 0. The van der Waals surface area contributed by atoms with Gasteiger partial charge in [-0.15, -0.1) is 0 Å². The molecule has 0 heterocycles. The molecule has 1 aromatic rings. The first kappa shape index (κ1) is 14.2. The Hall–Kier alpha value is -2.70. The summed E-state index contributed by atoms with van der Waals surface area (Å²) < 4.78 is 0. The van der Waals surface area contributed by atoms with Crippen LogP contribution >= 0.6 is 0 Å².